The van der Waals surface area contributed by atoms with E-state index in [0.29, 0.717) is 6.54 Å². The highest BCUT2D eigenvalue weighted by Gasteiger charge is 2.25. The zero-order valence-electron chi connectivity index (χ0n) is 17.3. The molecule has 0 spiro atoms. The first-order valence-corrected chi connectivity index (χ1v) is 11.7. The van der Waals surface area contributed by atoms with Crippen molar-refractivity contribution >= 4 is 45.1 Å². The fourth-order valence-electron chi connectivity index (χ4n) is 2.67. The minimum Gasteiger partial charge on any atom is -0.454 e. The number of ether oxygens (including phenoxy) is 1. The van der Waals surface area contributed by atoms with Crippen molar-refractivity contribution in [2.24, 2.45) is 0 Å². The van der Waals surface area contributed by atoms with Gasteiger partial charge in [0, 0.05) is 12.6 Å². The summed E-state index contributed by atoms with van der Waals surface area (Å²) in [5.41, 5.74) is 0.943. The molecule has 0 bridgehead atoms. The lowest BCUT2D eigenvalue weighted by atomic mass is 10.2. The summed E-state index contributed by atoms with van der Waals surface area (Å²) < 4.78 is 32.2. The normalized spacial score (nSPS) is 12.5. The van der Waals surface area contributed by atoms with Crippen LogP contribution in [0, 0.1) is 0 Å². The smallest absolute Gasteiger partial charge is 0.324 e. The average molecular weight is 487 g/mol. The highest BCUT2D eigenvalue weighted by atomic mass is 35.5. The van der Waals surface area contributed by atoms with Gasteiger partial charge in [-0.3, -0.25) is 9.59 Å². The Morgan fingerprint density at radius 2 is 1.68 bits per heavy atom. The largest absolute Gasteiger partial charge is 0.454 e. The summed E-state index contributed by atoms with van der Waals surface area (Å²) in [6.07, 6.45) is 0. The average Bonchev–Trinajstić information content (AvgIpc) is 2.72. The summed E-state index contributed by atoms with van der Waals surface area (Å²) in [4.78, 5) is 26.3. The number of nitrogens with zero attached hydrogens (tertiary/aromatic N) is 1. The van der Waals surface area contributed by atoms with Crippen LogP contribution in [-0.2, 0) is 30.9 Å². The van der Waals surface area contributed by atoms with Gasteiger partial charge >= 0.3 is 5.97 Å². The lowest BCUT2D eigenvalue weighted by Gasteiger charge is -2.27. The Kier molecular flexibility index (Phi) is 8.88. The summed E-state index contributed by atoms with van der Waals surface area (Å²) in [6.45, 7) is 4.91. The number of hydrogen-bond acceptors (Lipinski definition) is 5. The molecule has 10 heteroatoms. The fraction of sp³-hybridized carbons (Fsp3) is 0.333. The van der Waals surface area contributed by atoms with Crippen LogP contribution in [0.2, 0.25) is 10.0 Å². The molecule has 0 aliphatic rings. The second kappa shape index (κ2) is 10.9. The van der Waals surface area contributed by atoms with Crippen LogP contribution in [0.15, 0.2) is 53.4 Å². The molecule has 2 aromatic rings. The van der Waals surface area contributed by atoms with Crippen molar-refractivity contribution in [1.29, 1.82) is 0 Å². The first-order chi connectivity index (χ1) is 14.5. The van der Waals surface area contributed by atoms with Crippen molar-refractivity contribution in [3.8, 4) is 0 Å². The summed E-state index contributed by atoms with van der Waals surface area (Å²) >= 11 is 11.7. The maximum Gasteiger partial charge on any atom is 0.324 e. The third-order valence-corrected chi connectivity index (χ3v) is 6.64. The fourth-order valence-corrected chi connectivity index (χ4v) is 4.25. The Bertz CT molecular complexity index is 1030. The molecule has 0 aromatic heterocycles. The third kappa shape index (κ3) is 7.21. The molecule has 0 aliphatic heterocycles. The predicted molar refractivity (Wildman–Crippen MR) is 119 cm³/mol. The second-order valence-corrected chi connectivity index (χ2v) is 9.66. The van der Waals surface area contributed by atoms with Crippen molar-refractivity contribution in [3.05, 3.63) is 64.1 Å². The standard InChI is InChI=1S/C21H24Cl2N2O5S/c1-14(2)25(12-16-7-5-4-6-8-16)20(26)13-30-21(27)15(3)24-31(28,29)17-9-10-18(22)19(23)11-17/h4-11,14-15,24H,12-13H2,1-3H3/t15-/m0/s1. The van der Waals surface area contributed by atoms with E-state index in [9.17, 15) is 18.0 Å². The van der Waals surface area contributed by atoms with Crippen LogP contribution < -0.4 is 4.72 Å². The number of hydrogen-bond donors (Lipinski definition) is 1. The number of esters is 1. The van der Waals surface area contributed by atoms with Gasteiger partial charge in [0.1, 0.15) is 6.04 Å². The zero-order valence-corrected chi connectivity index (χ0v) is 19.7. The summed E-state index contributed by atoms with van der Waals surface area (Å²) in [6, 6.07) is 11.9. The summed E-state index contributed by atoms with van der Waals surface area (Å²) in [5.74, 6) is -1.26. The van der Waals surface area contributed by atoms with E-state index < -0.39 is 28.6 Å². The maximum atomic E-state index is 12.6. The molecule has 0 unspecified atom stereocenters. The van der Waals surface area contributed by atoms with E-state index in [0.717, 1.165) is 5.56 Å². The second-order valence-electron chi connectivity index (χ2n) is 7.13. The Morgan fingerprint density at radius 3 is 2.26 bits per heavy atom. The molecule has 1 N–H and O–H groups in total. The minimum atomic E-state index is -4.04. The summed E-state index contributed by atoms with van der Waals surface area (Å²) in [7, 11) is -4.04. The number of halogens is 2. The van der Waals surface area contributed by atoms with E-state index in [4.69, 9.17) is 27.9 Å². The van der Waals surface area contributed by atoms with Gasteiger partial charge in [0.05, 0.1) is 14.9 Å². The van der Waals surface area contributed by atoms with Crippen LogP contribution in [0.25, 0.3) is 0 Å². The van der Waals surface area contributed by atoms with Gasteiger partial charge in [0.25, 0.3) is 5.91 Å². The number of nitrogens with one attached hydrogen (secondary N) is 1. The van der Waals surface area contributed by atoms with E-state index in [1.165, 1.54) is 25.1 Å². The van der Waals surface area contributed by atoms with Crippen molar-refractivity contribution in [3.63, 3.8) is 0 Å². The molecule has 1 amide bonds. The van der Waals surface area contributed by atoms with E-state index >= 15 is 0 Å². The van der Waals surface area contributed by atoms with E-state index in [2.05, 4.69) is 4.72 Å². The van der Waals surface area contributed by atoms with Gasteiger partial charge in [-0.2, -0.15) is 4.72 Å². The Balaban J connectivity index is 1.96. The lowest BCUT2D eigenvalue weighted by molar-refractivity contribution is -0.154. The SMILES string of the molecule is CC(C)N(Cc1ccccc1)C(=O)COC(=O)[C@H](C)NS(=O)(=O)c1ccc(Cl)c(Cl)c1. The molecular weight excluding hydrogens is 463 g/mol. The van der Waals surface area contributed by atoms with Crippen molar-refractivity contribution in [2.45, 2.75) is 44.3 Å². The van der Waals surface area contributed by atoms with Crippen molar-refractivity contribution in [1.82, 2.24) is 9.62 Å². The highest BCUT2D eigenvalue weighted by molar-refractivity contribution is 7.89. The molecule has 0 radical (unpaired) electrons. The molecule has 168 valence electrons. The highest BCUT2D eigenvalue weighted by Crippen LogP contribution is 2.24. The van der Waals surface area contributed by atoms with Crippen LogP contribution in [0.4, 0.5) is 0 Å². The quantitative estimate of drug-likeness (QED) is 0.546. The molecule has 7 nitrogen and oxygen atoms in total. The topological polar surface area (TPSA) is 92.8 Å². The first-order valence-electron chi connectivity index (χ1n) is 9.48. The maximum absolute atomic E-state index is 12.6. The number of carbonyl (C=O) groups is 2. The van der Waals surface area contributed by atoms with Gasteiger partial charge in [-0.25, -0.2) is 8.42 Å². The Hall–Kier alpha value is -2.13. The predicted octanol–water partition coefficient (Wildman–Crippen LogP) is 3.64. The molecular formula is C21H24Cl2N2O5S. The van der Waals surface area contributed by atoms with Crippen LogP contribution in [-0.4, -0.2) is 43.9 Å². The van der Waals surface area contributed by atoms with Crippen LogP contribution in [0.1, 0.15) is 26.3 Å². The third-order valence-electron chi connectivity index (χ3n) is 4.36. The molecule has 0 aliphatic carbocycles. The van der Waals surface area contributed by atoms with Gasteiger partial charge in [0.2, 0.25) is 10.0 Å². The zero-order chi connectivity index (χ0) is 23.2. The number of rotatable bonds is 9. The van der Waals surface area contributed by atoms with Crippen molar-refractivity contribution < 1.29 is 22.7 Å². The Labute approximate surface area is 192 Å². The van der Waals surface area contributed by atoms with E-state index in [-0.39, 0.29) is 26.9 Å². The number of carbonyl (C=O) groups excluding carboxylic acids is 2. The lowest BCUT2D eigenvalue weighted by Crippen LogP contribution is -2.42. The van der Waals surface area contributed by atoms with Gasteiger partial charge in [-0.1, -0.05) is 53.5 Å². The number of sulfonamides is 1. The molecule has 2 rings (SSSR count). The van der Waals surface area contributed by atoms with Crippen LogP contribution in [0.3, 0.4) is 0 Å². The van der Waals surface area contributed by atoms with E-state index in [1.807, 2.05) is 44.2 Å². The van der Waals surface area contributed by atoms with Gasteiger partial charge in [0.15, 0.2) is 6.61 Å². The van der Waals surface area contributed by atoms with Crippen LogP contribution in [0.5, 0.6) is 0 Å². The van der Waals surface area contributed by atoms with Crippen molar-refractivity contribution in [2.75, 3.05) is 6.61 Å². The van der Waals surface area contributed by atoms with Gasteiger partial charge < -0.3 is 9.64 Å². The monoisotopic (exact) mass is 486 g/mol. The number of benzene rings is 2. The minimum absolute atomic E-state index is 0.0672. The molecule has 31 heavy (non-hydrogen) atoms. The molecule has 2 aromatic carbocycles. The van der Waals surface area contributed by atoms with Gasteiger partial charge in [-0.05, 0) is 44.5 Å². The molecule has 0 saturated heterocycles. The molecule has 0 saturated carbocycles. The molecule has 1 atom stereocenters. The Morgan fingerprint density at radius 1 is 1.03 bits per heavy atom. The summed E-state index contributed by atoms with van der Waals surface area (Å²) in [5, 5.41) is 0.273. The molecule has 0 fully saturated rings. The molecule has 0 heterocycles. The van der Waals surface area contributed by atoms with E-state index in [1.54, 1.807) is 4.90 Å². The number of amides is 1. The van der Waals surface area contributed by atoms with Crippen LogP contribution >= 0.6 is 23.2 Å². The first kappa shape index (κ1) is 25.1. The van der Waals surface area contributed by atoms with Gasteiger partial charge in [-0.15, -0.1) is 0 Å².